The molecule has 18 heavy (non-hydrogen) atoms. The molecule has 2 aliphatic rings. The van der Waals surface area contributed by atoms with Gasteiger partial charge in [-0.05, 0) is 42.9 Å². The van der Waals surface area contributed by atoms with E-state index in [4.69, 9.17) is 0 Å². The number of nitrogens with zero attached hydrogens (tertiary/aromatic N) is 1. The Morgan fingerprint density at radius 2 is 2.06 bits per heavy atom. The second-order valence-corrected chi connectivity index (χ2v) is 6.04. The van der Waals surface area contributed by atoms with Gasteiger partial charge < -0.3 is 5.32 Å². The summed E-state index contributed by atoms with van der Waals surface area (Å²) in [7, 11) is 0. The van der Waals surface area contributed by atoms with Crippen LogP contribution in [0.4, 0.5) is 0 Å². The number of hydrogen-bond donors (Lipinski definition) is 1. The lowest BCUT2D eigenvalue weighted by atomic mass is 9.99. The molecule has 1 aliphatic heterocycles. The molecule has 0 radical (unpaired) electrons. The van der Waals surface area contributed by atoms with Gasteiger partial charge >= 0.3 is 0 Å². The monoisotopic (exact) mass is 244 g/mol. The van der Waals surface area contributed by atoms with E-state index < -0.39 is 0 Å². The molecule has 1 unspecified atom stereocenters. The molecule has 0 saturated heterocycles. The zero-order chi connectivity index (χ0) is 12.4. The Bertz CT molecular complexity index is 398. The first kappa shape index (κ1) is 12.2. The lowest BCUT2D eigenvalue weighted by molar-refractivity contribution is 0.217. The minimum atomic E-state index is 0.760. The van der Waals surface area contributed by atoms with Crippen molar-refractivity contribution < 1.29 is 0 Å². The molecular weight excluding hydrogens is 220 g/mol. The van der Waals surface area contributed by atoms with Gasteiger partial charge in [-0.25, -0.2) is 0 Å². The highest BCUT2D eigenvalue weighted by Gasteiger charge is 2.22. The van der Waals surface area contributed by atoms with Crippen LogP contribution >= 0.6 is 0 Å². The van der Waals surface area contributed by atoms with Crippen molar-refractivity contribution in [1.29, 1.82) is 0 Å². The number of hydrogen-bond acceptors (Lipinski definition) is 2. The normalized spacial score (nSPS) is 21.6. The topological polar surface area (TPSA) is 15.3 Å². The van der Waals surface area contributed by atoms with E-state index in [0.717, 1.165) is 18.5 Å². The largest absolute Gasteiger partial charge is 0.314 e. The Morgan fingerprint density at radius 1 is 1.28 bits per heavy atom. The Labute approximate surface area is 110 Å². The molecule has 0 bridgehead atoms. The van der Waals surface area contributed by atoms with Crippen LogP contribution in [0.25, 0.3) is 0 Å². The fourth-order valence-electron chi connectivity index (χ4n) is 2.87. The first-order chi connectivity index (χ1) is 8.81. The van der Waals surface area contributed by atoms with E-state index in [-0.39, 0.29) is 0 Å². The Kier molecular flexibility index (Phi) is 3.67. The molecule has 3 rings (SSSR count). The van der Waals surface area contributed by atoms with Crippen molar-refractivity contribution in [1.82, 2.24) is 10.2 Å². The third kappa shape index (κ3) is 3.12. The van der Waals surface area contributed by atoms with Crippen molar-refractivity contribution in [2.24, 2.45) is 5.92 Å². The van der Waals surface area contributed by atoms with Crippen molar-refractivity contribution in [2.45, 2.75) is 38.8 Å². The number of fused-ring (bicyclic) bond motifs is 1. The van der Waals surface area contributed by atoms with Gasteiger partial charge in [0.05, 0.1) is 0 Å². The SMILES string of the molecule is CC(CNC1CC1)CN1CCc2ccccc2C1. The van der Waals surface area contributed by atoms with Gasteiger partial charge in [0.25, 0.3) is 0 Å². The molecule has 1 atom stereocenters. The van der Waals surface area contributed by atoms with E-state index in [9.17, 15) is 0 Å². The summed E-state index contributed by atoms with van der Waals surface area (Å²) in [6, 6.07) is 9.74. The molecule has 2 heteroatoms. The highest BCUT2D eigenvalue weighted by atomic mass is 15.1. The van der Waals surface area contributed by atoms with Crippen LogP contribution in [0, 0.1) is 5.92 Å². The summed E-state index contributed by atoms with van der Waals surface area (Å²) in [4.78, 5) is 2.61. The van der Waals surface area contributed by atoms with Gasteiger partial charge in [0.2, 0.25) is 0 Å². The lowest BCUT2D eigenvalue weighted by Gasteiger charge is -2.31. The van der Waals surface area contributed by atoms with Gasteiger partial charge in [-0.15, -0.1) is 0 Å². The summed E-state index contributed by atoms with van der Waals surface area (Å²) < 4.78 is 0. The summed E-state index contributed by atoms with van der Waals surface area (Å²) in [6.07, 6.45) is 4.01. The van der Waals surface area contributed by atoms with E-state index in [2.05, 4.69) is 41.4 Å². The third-order valence-corrected chi connectivity index (χ3v) is 4.11. The predicted molar refractivity (Wildman–Crippen MR) is 75.6 cm³/mol. The van der Waals surface area contributed by atoms with Crippen molar-refractivity contribution in [3.05, 3.63) is 35.4 Å². The molecule has 2 nitrogen and oxygen atoms in total. The molecule has 0 aromatic heterocycles. The van der Waals surface area contributed by atoms with E-state index in [1.807, 2.05) is 0 Å². The average Bonchev–Trinajstić information content (AvgIpc) is 3.20. The van der Waals surface area contributed by atoms with Crippen LogP contribution in [0.3, 0.4) is 0 Å². The van der Waals surface area contributed by atoms with Gasteiger partial charge in [0.15, 0.2) is 0 Å². The minimum absolute atomic E-state index is 0.760. The van der Waals surface area contributed by atoms with Crippen LogP contribution in [0.1, 0.15) is 30.9 Å². The predicted octanol–water partition coefficient (Wildman–Crippen LogP) is 2.43. The molecule has 0 amide bonds. The summed E-state index contributed by atoms with van der Waals surface area (Å²) in [5.74, 6) is 0.760. The van der Waals surface area contributed by atoms with E-state index >= 15 is 0 Å². The van der Waals surface area contributed by atoms with Gasteiger partial charge in [-0.1, -0.05) is 31.2 Å². The molecule has 1 aromatic carbocycles. The Hall–Kier alpha value is -0.860. The molecule has 1 heterocycles. The second-order valence-electron chi connectivity index (χ2n) is 6.04. The lowest BCUT2D eigenvalue weighted by Crippen LogP contribution is -2.37. The minimum Gasteiger partial charge on any atom is -0.314 e. The fraction of sp³-hybridized carbons (Fsp3) is 0.625. The summed E-state index contributed by atoms with van der Waals surface area (Å²) >= 11 is 0. The highest BCUT2D eigenvalue weighted by molar-refractivity contribution is 5.29. The van der Waals surface area contributed by atoms with Crippen molar-refractivity contribution in [2.75, 3.05) is 19.6 Å². The highest BCUT2D eigenvalue weighted by Crippen LogP contribution is 2.20. The zero-order valence-electron chi connectivity index (χ0n) is 11.4. The first-order valence-electron chi connectivity index (χ1n) is 7.34. The zero-order valence-corrected chi connectivity index (χ0v) is 11.4. The maximum absolute atomic E-state index is 3.64. The summed E-state index contributed by atoms with van der Waals surface area (Å²) in [5.41, 5.74) is 3.09. The maximum atomic E-state index is 3.64. The molecule has 1 fully saturated rings. The van der Waals surface area contributed by atoms with E-state index in [0.29, 0.717) is 0 Å². The standard InChI is InChI=1S/C16H24N2/c1-13(10-17-16-6-7-16)11-18-9-8-14-4-2-3-5-15(14)12-18/h2-5,13,16-17H,6-12H2,1H3. The smallest absolute Gasteiger partial charge is 0.0236 e. The average molecular weight is 244 g/mol. The van der Waals surface area contributed by atoms with Crippen LogP contribution in [-0.2, 0) is 13.0 Å². The third-order valence-electron chi connectivity index (χ3n) is 4.11. The van der Waals surface area contributed by atoms with Crippen LogP contribution in [0.2, 0.25) is 0 Å². The van der Waals surface area contributed by atoms with Crippen LogP contribution < -0.4 is 5.32 Å². The molecule has 1 saturated carbocycles. The molecule has 0 spiro atoms. The quantitative estimate of drug-likeness (QED) is 0.856. The van der Waals surface area contributed by atoms with Gasteiger partial charge in [0.1, 0.15) is 0 Å². The fourth-order valence-corrected chi connectivity index (χ4v) is 2.87. The Balaban J connectivity index is 1.49. The van der Waals surface area contributed by atoms with Gasteiger partial charge in [0, 0.05) is 25.7 Å². The Morgan fingerprint density at radius 3 is 2.83 bits per heavy atom. The molecule has 1 aromatic rings. The van der Waals surface area contributed by atoms with Gasteiger partial charge in [-0.2, -0.15) is 0 Å². The van der Waals surface area contributed by atoms with Gasteiger partial charge in [-0.3, -0.25) is 4.90 Å². The summed E-state index contributed by atoms with van der Waals surface area (Å²) in [5, 5.41) is 3.64. The number of rotatable bonds is 5. The van der Waals surface area contributed by atoms with Crippen LogP contribution in [0.15, 0.2) is 24.3 Å². The molecule has 1 N–H and O–H groups in total. The van der Waals surface area contributed by atoms with E-state index in [1.54, 1.807) is 5.56 Å². The second kappa shape index (κ2) is 5.41. The molecule has 98 valence electrons. The molecule has 1 aliphatic carbocycles. The van der Waals surface area contributed by atoms with Crippen LogP contribution in [0.5, 0.6) is 0 Å². The van der Waals surface area contributed by atoms with Crippen molar-refractivity contribution in [3.8, 4) is 0 Å². The first-order valence-corrected chi connectivity index (χ1v) is 7.34. The summed E-state index contributed by atoms with van der Waals surface area (Å²) in [6.45, 7) is 7.15. The van der Waals surface area contributed by atoms with Crippen molar-refractivity contribution >= 4 is 0 Å². The maximum Gasteiger partial charge on any atom is 0.0236 e. The van der Waals surface area contributed by atoms with Crippen LogP contribution in [-0.4, -0.2) is 30.6 Å². The molecular formula is C16H24N2. The number of benzene rings is 1. The number of nitrogens with one attached hydrogen (secondary N) is 1. The van der Waals surface area contributed by atoms with Crippen molar-refractivity contribution in [3.63, 3.8) is 0 Å². The van der Waals surface area contributed by atoms with E-state index in [1.165, 1.54) is 44.5 Å².